The lowest BCUT2D eigenvalue weighted by Crippen LogP contribution is -2.50. The summed E-state index contributed by atoms with van der Waals surface area (Å²) in [6.45, 7) is 1.88. The van der Waals surface area contributed by atoms with Crippen molar-refractivity contribution in [1.82, 2.24) is 9.47 Å². The van der Waals surface area contributed by atoms with Gasteiger partial charge in [0.2, 0.25) is 0 Å². The summed E-state index contributed by atoms with van der Waals surface area (Å²) in [6, 6.07) is 6.34. The fraction of sp³-hybridized carbons (Fsp3) is 0.545. The minimum Gasteiger partial charge on any atom is -0.489 e. The number of benzene rings is 1. The monoisotopic (exact) mass is 432 g/mol. The smallest absolute Gasteiger partial charge is 0.416 e. The number of hydrogen-bond acceptors (Lipinski definition) is 4. The standard InChI is InChI=1S/C22H27ClN3O4/c1-14-28-21(29-14)10-15-3-6-20(19(23)9-15)30-18-11-16-4-5-17(12-18)26(16)22(27)25-8-7-24(2)13-25/h3,6-9,13-14,16-18,21H,4-5,10-12H2,1-2H3/q+1/t14?,16-,17+,18+,21?. The maximum atomic E-state index is 13.0. The number of aryl methyl sites for hydroxylation is 1. The van der Waals surface area contributed by atoms with Gasteiger partial charge in [-0.2, -0.15) is 4.57 Å². The number of hydrogen-bond donors (Lipinski definition) is 0. The number of aromatic nitrogens is 2. The number of carbonyl (C=O) groups is 1. The number of piperidine rings is 1. The summed E-state index contributed by atoms with van der Waals surface area (Å²) in [4.78, 5) is 15.0. The fourth-order valence-electron chi connectivity index (χ4n) is 4.91. The average molecular weight is 433 g/mol. The second kappa shape index (κ2) is 7.87. The third-order valence-electron chi connectivity index (χ3n) is 6.28. The molecule has 1 amide bonds. The van der Waals surface area contributed by atoms with E-state index in [0.29, 0.717) is 17.2 Å². The van der Waals surface area contributed by atoms with Crippen molar-refractivity contribution in [3.8, 4) is 5.75 Å². The van der Waals surface area contributed by atoms with Gasteiger partial charge in [-0.3, -0.25) is 4.90 Å². The Bertz CT molecular complexity index is 928. The molecule has 0 saturated carbocycles. The maximum absolute atomic E-state index is 13.0. The molecule has 0 spiro atoms. The molecule has 0 N–H and O–H groups in total. The van der Waals surface area contributed by atoms with E-state index in [9.17, 15) is 4.79 Å². The van der Waals surface area contributed by atoms with Crippen LogP contribution in [0.3, 0.4) is 0 Å². The molecule has 2 aromatic rings. The first-order valence-corrected chi connectivity index (χ1v) is 11.0. The first-order valence-electron chi connectivity index (χ1n) is 10.6. The fourth-order valence-corrected chi connectivity index (χ4v) is 5.15. The van der Waals surface area contributed by atoms with E-state index in [-0.39, 0.29) is 36.8 Å². The minimum absolute atomic E-state index is 0.0543. The van der Waals surface area contributed by atoms with E-state index >= 15 is 0 Å². The Kier molecular flexibility index (Phi) is 5.21. The molecular weight excluding hydrogens is 406 g/mol. The Morgan fingerprint density at radius 2 is 2.00 bits per heavy atom. The molecule has 30 heavy (non-hydrogen) atoms. The third kappa shape index (κ3) is 3.82. The van der Waals surface area contributed by atoms with Gasteiger partial charge in [0.1, 0.15) is 24.2 Å². The molecule has 160 valence electrons. The maximum Gasteiger partial charge on any atom is 0.416 e. The summed E-state index contributed by atoms with van der Waals surface area (Å²) < 4.78 is 20.8. The van der Waals surface area contributed by atoms with Crippen molar-refractivity contribution in [1.29, 1.82) is 0 Å². The van der Waals surface area contributed by atoms with Crippen LogP contribution in [0.25, 0.3) is 0 Å². The van der Waals surface area contributed by atoms with E-state index in [4.69, 9.17) is 25.8 Å². The highest BCUT2D eigenvalue weighted by atomic mass is 35.5. The molecule has 7 nitrogen and oxygen atoms in total. The van der Waals surface area contributed by atoms with Gasteiger partial charge in [-0.25, -0.2) is 9.36 Å². The van der Waals surface area contributed by atoms with Crippen LogP contribution in [-0.2, 0) is 22.9 Å². The average Bonchev–Trinajstić information content (AvgIpc) is 3.23. The van der Waals surface area contributed by atoms with Crippen molar-refractivity contribution in [2.45, 2.75) is 69.8 Å². The highest BCUT2D eigenvalue weighted by Gasteiger charge is 2.46. The van der Waals surface area contributed by atoms with Crippen molar-refractivity contribution in [3.05, 3.63) is 47.5 Å². The first kappa shape index (κ1) is 19.8. The molecule has 3 aliphatic rings. The summed E-state index contributed by atoms with van der Waals surface area (Å²) >= 11 is 6.50. The number of amides is 1. The van der Waals surface area contributed by atoms with E-state index in [1.807, 2.05) is 60.4 Å². The van der Waals surface area contributed by atoms with Crippen molar-refractivity contribution >= 4 is 17.6 Å². The van der Waals surface area contributed by atoms with Gasteiger partial charge in [-0.05, 0) is 37.5 Å². The minimum atomic E-state index is -0.192. The Hall–Kier alpha value is -2.09. The lowest BCUT2D eigenvalue weighted by molar-refractivity contribution is -0.670. The molecule has 2 bridgehead atoms. The lowest BCUT2D eigenvalue weighted by atomic mass is 10.00. The van der Waals surface area contributed by atoms with Gasteiger partial charge >= 0.3 is 6.03 Å². The molecule has 1 aromatic carbocycles. The van der Waals surface area contributed by atoms with Crippen LogP contribution in [-0.4, -0.2) is 46.3 Å². The normalized spacial score (nSPS) is 30.2. The van der Waals surface area contributed by atoms with Crippen molar-refractivity contribution in [2.75, 3.05) is 0 Å². The molecule has 0 radical (unpaired) electrons. The number of fused-ring (bicyclic) bond motifs is 2. The number of nitrogens with zero attached hydrogens (tertiary/aromatic N) is 3. The molecule has 0 unspecified atom stereocenters. The number of ether oxygens (including phenoxy) is 3. The third-order valence-corrected chi connectivity index (χ3v) is 6.58. The summed E-state index contributed by atoms with van der Waals surface area (Å²) in [5.74, 6) is 0.700. The molecule has 3 atom stereocenters. The van der Waals surface area contributed by atoms with Gasteiger partial charge in [0.25, 0.3) is 6.33 Å². The molecule has 3 fully saturated rings. The summed E-state index contributed by atoms with van der Waals surface area (Å²) in [5, 5.41) is 0.602. The van der Waals surface area contributed by atoms with Gasteiger partial charge in [0.15, 0.2) is 12.6 Å². The molecular formula is C22H27ClN3O4+. The molecule has 3 aliphatic heterocycles. The predicted molar refractivity (Wildman–Crippen MR) is 109 cm³/mol. The molecule has 8 heteroatoms. The SMILES string of the molecule is CC1OC(Cc2ccc(O[C@H]3C[C@H]4CC[C@@H](C3)N4C(=O)n3cc[n+](C)c3)c(Cl)c2)O1. The number of halogens is 1. The van der Waals surface area contributed by atoms with Crippen LogP contribution < -0.4 is 9.30 Å². The van der Waals surface area contributed by atoms with Crippen LogP contribution >= 0.6 is 11.6 Å². The first-order chi connectivity index (χ1) is 14.5. The Morgan fingerprint density at radius 3 is 2.60 bits per heavy atom. The highest BCUT2D eigenvalue weighted by molar-refractivity contribution is 6.32. The Labute approximate surface area is 181 Å². The molecule has 4 heterocycles. The predicted octanol–water partition coefficient (Wildman–Crippen LogP) is 3.27. The van der Waals surface area contributed by atoms with E-state index < -0.39 is 0 Å². The summed E-state index contributed by atoms with van der Waals surface area (Å²) in [5.41, 5.74) is 1.06. The Balaban J connectivity index is 1.22. The quantitative estimate of drug-likeness (QED) is 0.696. The zero-order chi connectivity index (χ0) is 20.8. The second-order valence-corrected chi connectivity index (χ2v) is 8.92. The zero-order valence-corrected chi connectivity index (χ0v) is 18.0. The molecule has 1 aromatic heterocycles. The van der Waals surface area contributed by atoms with Crippen molar-refractivity contribution in [3.63, 3.8) is 0 Å². The lowest BCUT2D eigenvalue weighted by Gasteiger charge is -2.37. The van der Waals surface area contributed by atoms with Crippen LogP contribution in [0.15, 0.2) is 36.9 Å². The zero-order valence-electron chi connectivity index (χ0n) is 17.2. The van der Waals surface area contributed by atoms with Gasteiger partial charge in [-0.1, -0.05) is 17.7 Å². The van der Waals surface area contributed by atoms with Gasteiger partial charge in [-0.15, -0.1) is 0 Å². The number of carbonyl (C=O) groups excluding carboxylic acids is 1. The van der Waals surface area contributed by atoms with Crippen LogP contribution in [0.4, 0.5) is 4.79 Å². The number of rotatable bonds is 4. The van der Waals surface area contributed by atoms with E-state index in [0.717, 1.165) is 31.2 Å². The van der Waals surface area contributed by atoms with E-state index in [1.165, 1.54) is 0 Å². The largest absolute Gasteiger partial charge is 0.489 e. The van der Waals surface area contributed by atoms with Gasteiger partial charge in [0.05, 0.1) is 12.1 Å². The van der Waals surface area contributed by atoms with Crippen LogP contribution in [0.1, 0.15) is 38.2 Å². The highest BCUT2D eigenvalue weighted by Crippen LogP contribution is 2.39. The van der Waals surface area contributed by atoms with Crippen LogP contribution in [0, 0.1) is 0 Å². The van der Waals surface area contributed by atoms with E-state index in [1.54, 1.807) is 4.57 Å². The number of imidazole rings is 1. The van der Waals surface area contributed by atoms with Crippen LogP contribution in [0.2, 0.25) is 5.02 Å². The molecule has 0 aliphatic carbocycles. The topological polar surface area (TPSA) is 56.8 Å². The van der Waals surface area contributed by atoms with Crippen molar-refractivity contribution in [2.24, 2.45) is 7.05 Å². The van der Waals surface area contributed by atoms with Gasteiger partial charge in [0, 0.05) is 31.3 Å². The van der Waals surface area contributed by atoms with E-state index in [2.05, 4.69) is 0 Å². The Morgan fingerprint density at radius 1 is 1.27 bits per heavy atom. The summed E-state index contributed by atoms with van der Waals surface area (Å²) in [6.07, 6.45) is 9.63. The van der Waals surface area contributed by atoms with Crippen LogP contribution in [0.5, 0.6) is 5.75 Å². The molecule has 3 saturated heterocycles. The second-order valence-electron chi connectivity index (χ2n) is 8.51. The van der Waals surface area contributed by atoms with Gasteiger partial charge < -0.3 is 14.2 Å². The molecule has 5 rings (SSSR count). The van der Waals surface area contributed by atoms with Crippen molar-refractivity contribution < 1.29 is 23.6 Å². The summed E-state index contributed by atoms with van der Waals surface area (Å²) in [7, 11) is 1.92.